The highest BCUT2D eigenvalue weighted by atomic mass is 35.5. The van der Waals surface area contributed by atoms with Crippen LogP contribution in [-0.2, 0) is 4.79 Å². The summed E-state index contributed by atoms with van der Waals surface area (Å²) < 4.78 is 0. The Morgan fingerprint density at radius 2 is 2.19 bits per heavy atom. The van der Waals surface area contributed by atoms with Gasteiger partial charge < -0.3 is 4.90 Å². The van der Waals surface area contributed by atoms with Gasteiger partial charge in [0.1, 0.15) is 0 Å². The van der Waals surface area contributed by atoms with Crippen LogP contribution < -0.4 is 0 Å². The maximum atomic E-state index is 12.3. The lowest BCUT2D eigenvalue weighted by Crippen LogP contribution is -2.39. The molecule has 1 aliphatic carbocycles. The molecule has 1 saturated heterocycles. The van der Waals surface area contributed by atoms with E-state index in [4.69, 9.17) is 11.6 Å². The number of alkyl halides is 1. The van der Waals surface area contributed by atoms with E-state index in [0.29, 0.717) is 17.9 Å². The van der Waals surface area contributed by atoms with Crippen molar-refractivity contribution in [3.8, 4) is 0 Å². The first kappa shape index (κ1) is 12.2. The fourth-order valence-corrected chi connectivity index (χ4v) is 2.95. The van der Waals surface area contributed by atoms with Crippen LogP contribution in [0.1, 0.15) is 45.4 Å². The van der Waals surface area contributed by atoms with Crippen molar-refractivity contribution >= 4 is 17.5 Å². The van der Waals surface area contributed by atoms with Gasteiger partial charge in [-0.3, -0.25) is 4.79 Å². The van der Waals surface area contributed by atoms with Crippen LogP contribution in [-0.4, -0.2) is 29.3 Å². The highest BCUT2D eigenvalue weighted by Gasteiger charge is 2.38. The second kappa shape index (κ2) is 5.39. The van der Waals surface area contributed by atoms with E-state index >= 15 is 0 Å². The van der Waals surface area contributed by atoms with Gasteiger partial charge in [-0.05, 0) is 44.4 Å². The topological polar surface area (TPSA) is 20.3 Å². The molecule has 0 aromatic heterocycles. The molecule has 0 N–H and O–H groups in total. The van der Waals surface area contributed by atoms with E-state index < -0.39 is 0 Å². The van der Waals surface area contributed by atoms with Gasteiger partial charge in [0.2, 0.25) is 5.91 Å². The molecule has 1 aliphatic heterocycles. The minimum atomic E-state index is 0.261. The number of hydrogen-bond acceptors (Lipinski definition) is 1. The molecule has 2 nitrogen and oxygen atoms in total. The van der Waals surface area contributed by atoms with E-state index in [1.54, 1.807) is 0 Å². The van der Waals surface area contributed by atoms with Gasteiger partial charge in [-0.25, -0.2) is 0 Å². The van der Waals surface area contributed by atoms with Crippen molar-refractivity contribution in [2.75, 3.05) is 12.4 Å². The molecule has 1 saturated carbocycles. The lowest BCUT2D eigenvalue weighted by atomic mass is 10.0. The molecule has 16 heavy (non-hydrogen) atoms. The molecule has 1 heterocycles. The number of halogens is 1. The summed E-state index contributed by atoms with van der Waals surface area (Å²) in [6.07, 6.45) is 7.00. The van der Waals surface area contributed by atoms with Crippen molar-refractivity contribution in [2.24, 2.45) is 11.8 Å². The normalized spacial score (nSPS) is 27.1. The first-order valence-electron chi connectivity index (χ1n) is 6.60. The number of likely N-dealkylation sites (tertiary alicyclic amines) is 1. The second-order valence-corrected chi connectivity index (χ2v) is 5.66. The molecule has 3 heteroatoms. The summed E-state index contributed by atoms with van der Waals surface area (Å²) >= 11 is 5.73. The third kappa shape index (κ3) is 2.71. The van der Waals surface area contributed by atoms with E-state index in [2.05, 4.69) is 11.8 Å². The molecule has 0 aromatic rings. The smallest absolute Gasteiger partial charge is 0.225 e. The Bertz CT molecular complexity index is 252. The van der Waals surface area contributed by atoms with Gasteiger partial charge in [-0.15, -0.1) is 11.6 Å². The molecule has 0 radical (unpaired) electrons. The van der Waals surface area contributed by atoms with Crippen molar-refractivity contribution in [3.05, 3.63) is 0 Å². The fraction of sp³-hybridized carbons (Fsp3) is 0.923. The van der Waals surface area contributed by atoms with Gasteiger partial charge >= 0.3 is 0 Å². The molecule has 2 fully saturated rings. The predicted octanol–water partition coefficient (Wildman–Crippen LogP) is 3.04. The molecular formula is C13H22ClNO. The van der Waals surface area contributed by atoms with Crippen molar-refractivity contribution in [3.63, 3.8) is 0 Å². The van der Waals surface area contributed by atoms with Crippen LogP contribution in [0.3, 0.4) is 0 Å². The van der Waals surface area contributed by atoms with Crippen molar-refractivity contribution < 1.29 is 4.79 Å². The molecular weight excluding hydrogens is 222 g/mol. The third-order valence-electron chi connectivity index (χ3n) is 4.05. The number of amides is 1. The van der Waals surface area contributed by atoms with E-state index in [1.807, 2.05) is 0 Å². The van der Waals surface area contributed by atoms with Crippen LogP contribution in [0.15, 0.2) is 0 Å². The van der Waals surface area contributed by atoms with E-state index in [1.165, 1.54) is 25.7 Å². The standard InChI is InChI=1S/C13H22ClNO/c1-10(11-6-7-11)13(16)15-9-3-5-12(15)4-2-8-14/h10-12H,2-9H2,1H3. The van der Waals surface area contributed by atoms with Crippen molar-refractivity contribution in [1.29, 1.82) is 0 Å². The Balaban J connectivity index is 1.88. The SMILES string of the molecule is CC(C(=O)N1CCCC1CCCCl)C1CC1. The maximum absolute atomic E-state index is 12.3. The van der Waals surface area contributed by atoms with Crippen LogP contribution >= 0.6 is 11.6 Å². The number of hydrogen-bond donors (Lipinski definition) is 0. The fourth-order valence-electron chi connectivity index (χ4n) is 2.80. The molecule has 0 spiro atoms. The van der Waals surface area contributed by atoms with Crippen LogP contribution in [0, 0.1) is 11.8 Å². The summed E-state index contributed by atoms with van der Waals surface area (Å²) in [4.78, 5) is 14.4. The van der Waals surface area contributed by atoms with E-state index in [0.717, 1.165) is 25.3 Å². The third-order valence-corrected chi connectivity index (χ3v) is 4.32. The summed E-state index contributed by atoms with van der Waals surface area (Å²) in [5.41, 5.74) is 0. The van der Waals surface area contributed by atoms with E-state index in [-0.39, 0.29) is 5.92 Å². The average molecular weight is 244 g/mol. The minimum absolute atomic E-state index is 0.261. The first-order valence-corrected chi connectivity index (χ1v) is 7.14. The van der Waals surface area contributed by atoms with Crippen LogP contribution in [0.25, 0.3) is 0 Å². The molecule has 1 amide bonds. The number of carbonyl (C=O) groups is 1. The van der Waals surface area contributed by atoms with Gasteiger partial charge in [-0.1, -0.05) is 6.92 Å². The molecule has 0 aromatic carbocycles. The molecule has 0 bridgehead atoms. The summed E-state index contributed by atoms with van der Waals surface area (Å²) in [6, 6.07) is 0.479. The summed E-state index contributed by atoms with van der Waals surface area (Å²) in [7, 11) is 0. The van der Waals surface area contributed by atoms with Crippen molar-refractivity contribution in [2.45, 2.75) is 51.5 Å². The van der Waals surface area contributed by atoms with Crippen molar-refractivity contribution in [1.82, 2.24) is 4.90 Å². The van der Waals surface area contributed by atoms with Gasteiger partial charge in [0.05, 0.1) is 0 Å². The molecule has 2 rings (SSSR count). The monoisotopic (exact) mass is 243 g/mol. The van der Waals surface area contributed by atoms with Gasteiger partial charge in [0, 0.05) is 24.4 Å². The predicted molar refractivity (Wildman–Crippen MR) is 66.6 cm³/mol. The van der Waals surface area contributed by atoms with Crippen LogP contribution in [0.2, 0.25) is 0 Å². The van der Waals surface area contributed by atoms with Gasteiger partial charge in [0.25, 0.3) is 0 Å². The Labute approximate surface area is 103 Å². The maximum Gasteiger partial charge on any atom is 0.225 e. The summed E-state index contributed by atoms with van der Waals surface area (Å²) in [6.45, 7) is 3.08. The Hall–Kier alpha value is -0.240. The van der Waals surface area contributed by atoms with Gasteiger partial charge in [-0.2, -0.15) is 0 Å². The zero-order chi connectivity index (χ0) is 11.5. The zero-order valence-electron chi connectivity index (χ0n) is 10.1. The largest absolute Gasteiger partial charge is 0.339 e. The zero-order valence-corrected chi connectivity index (χ0v) is 10.9. The molecule has 92 valence electrons. The first-order chi connectivity index (χ1) is 7.74. The lowest BCUT2D eigenvalue weighted by molar-refractivity contribution is -0.136. The summed E-state index contributed by atoms with van der Waals surface area (Å²) in [5.74, 6) is 2.06. The molecule has 2 aliphatic rings. The van der Waals surface area contributed by atoms with E-state index in [9.17, 15) is 4.79 Å². The Kier molecular flexibility index (Phi) is 4.12. The van der Waals surface area contributed by atoms with Gasteiger partial charge in [0.15, 0.2) is 0 Å². The average Bonchev–Trinajstić information content (AvgIpc) is 3.04. The number of rotatable bonds is 5. The molecule has 2 atom stereocenters. The molecule has 2 unspecified atom stereocenters. The highest BCUT2D eigenvalue weighted by Crippen LogP contribution is 2.38. The second-order valence-electron chi connectivity index (χ2n) is 5.28. The minimum Gasteiger partial charge on any atom is -0.339 e. The lowest BCUT2D eigenvalue weighted by Gasteiger charge is -2.27. The Morgan fingerprint density at radius 1 is 1.44 bits per heavy atom. The van der Waals surface area contributed by atoms with Crippen LogP contribution in [0.4, 0.5) is 0 Å². The number of carbonyl (C=O) groups excluding carboxylic acids is 1. The summed E-state index contributed by atoms with van der Waals surface area (Å²) in [5, 5.41) is 0. The highest BCUT2D eigenvalue weighted by molar-refractivity contribution is 6.17. The number of nitrogens with zero attached hydrogens (tertiary/aromatic N) is 1. The quantitative estimate of drug-likeness (QED) is 0.680. The van der Waals surface area contributed by atoms with Crippen LogP contribution in [0.5, 0.6) is 0 Å². The Morgan fingerprint density at radius 3 is 2.81 bits per heavy atom.